The molecule has 12 heteroatoms. The molecule has 1 aromatic heterocycles. The molecule has 0 atom stereocenters. The predicted octanol–water partition coefficient (Wildman–Crippen LogP) is 6.93. The van der Waals surface area contributed by atoms with Gasteiger partial charge in [-0.15, -0.1) is 0 Å². The van der Waals surface area contributed by atoms with E-state index in [1.54, 1.807) is 79.9 Å². The molecule has 0 fully saturated rings. The summed E-state index contributed by atoms with van der Waals surface area (Å²) in [5.41, 5.74) is 0.247. The first-order chi connectivity index (χ1) is 18.7. The standard InChI is InChI=1S/C27H24F3N3O4S2/c1-36-18-7-11-20(12-8-18)38-32(16-25(34)35)26-23-6-4-3-5-22(23)24(15-31-26)33(17-27(28,29)30)39-21-13-9-19(37-2)10-14-21/h3-15H,16-17H2,1-2H3,(H,34,35). The molecule has 0 aliphatic heterocycles. The van der Waals surface area contributed by atoms with Crippen molar-refractivity contribution in [3.63, 3.8) is 0 Å². The Balaban J connectivity index is 1.76. The van der Waals surface area contributed by atoms with Gasteiger partial charge in [0.25, 0.3) is 0 Å². The van der Waals surface area contributed by atoms with Gasteiger partial charge in [-0.1, -0.05) is 24.3 Å². The molecule has 204 valence electrons. The lowest BCUT2D eigenvalue weighted by molar-refractivity contribution is -0.135. The van der Waals surface area contributed by atoms with Crippen LogP contribution in [0.5, 0.6) is 11.5 Å². The number of fused-ring (bicyclic) bond motifs is 1. The van der Waals surface area contributed by atoms with Crippen LogP contribution in [0.25, 0.3) is 10.8 Å². The fourth-order valence-corrected chi connectivity index (χ4v) is 5.58. The molecule has 1 N–H and O–H groups in total. The highest BCUT2D eigenvalue weighted by Gasteiger charge is 2.33. The number of alkyl halides is 3. The van der Waals surface area contributed by atoms with Gasteiger partial charge >= 0.3 is 12.1 Å². The topological polar surface area (TPSA) is 75.1 Å². The summed E-state index contributed by atoms with van der Waals surface area (Å²) in [7, 11) is 3.06. The molecule has 0 bridgehead atoms. The largest absolute Gasteiger partial charge is 0.497 e. The average Bonchev–Trinajstić information content (AvgIpc) is 2.91. The van der Waals surface area contributed by atoms with Gasteiger partial charge in [-0.3, -0.25) is 9.10 Å². The van der Waals surface area contributed by atoms with Crippen molar-refractivity contribution in [2.45, 2.75) is 16.0 Å². The van der Waals surface area contributed by atoms with Gasteiger partial charge < -0.3 is 18.9 Å². The molecule has 0 saturated carbocycles. The minimum atomic E-state index is -4.49. The minimum absolute atomic E-state index is 0.247. The van der Waals surface area contributed by atoms with Crippen LogP contribution in [0, 0.1) is 0 Å². The van der Waals surface area contributed by atoms with Crippen LogP contribution < -0.4 is 18.1 Å². The van der Waals surface area contributed by atoms with E-state index in [4.69, 9.17) is 9.47 Å². The van der Waals surface area contributed by atoms with Gasteiger partial charge in [0.1, 0.15) is 30.4 Å². The third kappa shape index (κ3) is 7.42. The van der Waals surface area contributed by atoms with Crippen LogP contribution in [-0.4, -0.2) is 49.5 Å². The lowest BCUT2D eigenvalue weighted by Crippen LogP contribution is -2.29. The van der Waals surface area contributed by atoms with E-state index in [1.165, 1.54) is 17.6 Å². The second kappa shape index (κ2) is 12.4. The van der Waals surface area contributed by atoms with Crippen molar-refractivity contribution in [1.29, 1.82) is 0 Å². The van der Waals surface area contributed by atoms with Gasteiger partial charge in [-0.25, -0.2) is 4.98 Å². The molecule has 0 aliphatic carbocycles. The number of ether oxygens (including phenoxy) is 2. The number of rotatable bonds is 11. The van der Waals surface area contributed by atoms with Crippen molar-refractivity contribution >= 4 is 52.1 Å². The molecule has 1 heterocycles. The Morgan fingerprint density at radius 1 is 0.846 bits per heavy atom. The van der Waals surface area contributed by atoms with E-state index < -0.39 is 18.7 Å². The number of aromatic nitrogens is 1. The zero-order valence-corrected chi connectivity index (χ0v) is 22.5. The molecule has 4 aromatic rings. The number of hydrogen-bond acceptors (Lipinski definition) is 8. The molecule has 4 rings (SSSR count). The summed E-state index contributed by atoms with van der Waals surface area (Å²) < 4.78 is 54.0. The molecule has 0 saturated heterocycles. The van der Waals surface area contributed by atoms with Crippen molar-refractivity contribution in [3.8, 4) is 11.5 Å². The monoisotopic (exact) mass is 575 g/mol. The Morgan fingerprint density at radius 2 is 1.36 bits per heavy atom. The number of nitrogens with zero attached hydrogens (tertiary/aromatic N) is 3. The maximum Gasteiger partial charge on any atom is 0.406 e. The van der Waals surface area contributed by atoms with Crippen molar-refractivity contribution in [1.82, 2.24) is 4.98 Å². The fourth-order valence-electron chi connectivity index (χ4n) is 3.69. The molecular weight excluding hydrogens is 551 g/mol. The molecule has 0 unspecified atom stereocenters. The van der Waals surface area contributed by atoms with E-state index >= 15 is 0 Å². The smallest absolute Gasteiger partial charge is 0.406 e. The number of carboxylic acids is 1. The van der Waals surface area contributed by atoms with Crippen molar-refractivity contribution < 1.29 is 32.5 Å². The number of carbonyl (C=O) groups is 1. The molecule has 0 spiro atoms. The van der Waals surface area contributed by atoms with Crippen LogP contribution in [0.3, 0.4) is 0 Å². The van der Waals surface area contributed by atoms with Crippen LogP contribution in [0.2, 0.25) is 0 Å². The average molecular weight is 576 g/mol. The molecule has 0 aliphatic rings. The number of benzene rings is 3. The molecule has 0 radical (unpaired) electrons. The summed E-state index contributed by atoms with van der Waals surface area (Å²) in [6.45, 7) is -1.62. The zero-order valence-electron chi connectivity index (χ0n) is 20.9. The zero-order chi connectivity index (χ0) is 28.0. The first-order valence-electron chi connectivity index (χ1n) is 11.5. The van der Waals surface area contributed by atoms with Gasteiger partial charge in [-0.2, -0.15) is 13.2 Å². The van der Waals surface area contributed by atoms with Crippen molar-refractivity contribution in [3.05, 3.63) is 79.0 Å². The van der Waals surface area contributed by atoms with Crippen LogP contribution >= 0.6 is 23.9 Å². The van der Waals surface area contributed by atoms with Gasteiger partial charge in [0.05, 0.1) is 26.1 Å². The molecule has 3 aromatic carbocycles. The Morgan fingerprint density at radius 3 is 1.85 bits per heavy atom. The van der Waals surface area contributed by atoms with Gasteiger partial charge in [0.2, 0.25) is 0 Å². The summed E-state index contributed by atoms with van der Waals surface area (Å²) in [6.07, 6.45) is -3.14. The van der Waals surface area contributed by atoms with Gasteiger partial charge in [-0.05, 0) is 72.4 Å². The van der Waals surface area contributed by atoms with Crippen molar-refractivity contribution in [2.75, 3.05) is 35.9 Å². The number of pyridine rings is 1. The summed E-state index contributed by atoms with van der Waals surface area (Å²) >= 11 is 2.08. The number of carboxylic acid groups (broad SMARTS) is 1. The lowest BCUT2D eigenvalue weighted by atomic mass is 10.1. The fraction of sp³-hybridized carbons (Fsp3) is 0.185. The van der Waals surface area contributed by atoms with Crippen molar-refractivity contribution in [2.24, 2.45) is 0 Å². The second-order valence-electron chi connectivity index (χ2n) is 8.13. The molecular formula is C27H24F3N3O4S2. The van der Waals surface area contributed by atoms with Crippen LogP contribution in [0.15, 0.2) is 88.8 Å². The first-order valence-corrected chi connectivity index (χ1v) is 13.1. The highest BCUT2D eigenvalue weighted by molar-refractivity contribution is 8.01. The Bertz CT molecular complexity index is 1420. The van der Waals surface area contributed by atoms with Crippen LogP contribution in [0.1, 0.15) is 0 Å². The number of halogens is 3. The molecule has 0 amide bonds. The van der Waals surface area contributed by atoms with E-state index in [2.05, 4.69) is 4.98 Å². The van der Waals surface area contributed by atoms with E-state index in [0.29, 0.717) is 33.0 Å². The highest BCUT2D eigenvalue weighted by Crippen LogP contribution is 2.41. The van der Waals surface area contributed by atoms with E-state index in [0.717, 1.165) is 33.1 Å². The van der Waals surface area contributed by atoms with E-state index in [9.17, 15) is 23.1 Å². The number of anilines is 2. The summed E-state index contributed by atoms with van der Waals surface area (Å²) in [4.78, 5) is 17.5. The maximum atomic E-state index is 13.7. The number of methoxy groups -OCH3 is 2. The Hall–Kier alpha value is -3.77. The number of aliphatic carboxylic acids is 1. The third-order valence-electron chi connectivity index (χ3n) is 5.41. The Kier molecular flexibility index (Phi) is 8.97. The number of hydrogen-bond donors (Lipinski definition) is 1. The lowest BCUT2D eigenvalue weighted by Gasteiger charge is -2.28. The summed E-state index contributed by atoms with van der Waals surface area (Å²) in [5, 5.41) is 10.6. The maximum absolute atomic E-state index is 13.7. The SMILES string of the molecule is COc1ccc(SN(CC(F)(F)F)c2cnc(N(CC(=O)O)Sc3ccc(OC)cc3)c3ccccc23)cc1. The van der Waals surface area contributed by atoms with Crippen LogP contribution in [0.4, 0.5) is 24.7 Å². The van der Waals surface area contributed by atoms with E-state index in [-0.39, 0.29) is 12.2 Å². The molecule has 7 nitrogen and oxygen atoms in total. The van der Waals surface area contributed by atoms with Gasteiger partial charge in [0, 0.05) is 20.6 Å². The van der Waals surface area contributed by atoms with Crippen LogP contribution in [-0.2, 0) is 4.79 Å². The Labute approximate surface area is 231 Å². The summed E-state index contributed by atoms with van der Waals surface area (Å²) in [6, 6.07) is 20.6. The highest BCUT2D eigenvalue weighted by atomic mass is 32.2. The van der Waals surface area contributed by atoms with Gasteiger partial charge in [0.15, 0.2) is 0 Å². The normalized spacial score (nSPS) is 11.3. The second-order valence-corrected chi connectivity index (χ2v) is 10.3. The summed E-state index contributed by atoms with van der Waals surface area (Å²) in [5.74, 6) is 0.473. The predicted molar refractivity (Wildman–Crippen MR) is 148 cm³/mol. The first kappa shape index (κ1) is 28.2. The van der Waals surface area contributed by atoms with E-state index in [1.807, 2.05) is 0 Å². The third-order valence-corrected chi connectivity index (χ3v) is 7.44. The molecule has 39 heavy (non-hydrogen) atoms. The minimum Gasteiger partial charge on any atom is -0.497 e. The quantitative estimate of drug-likeness (QED) is 0.192.